The van der Waals surface area contributed by atoms with E-state index >= 15 is 0 Å². The van der Waals surface area contributed by atoms with Crippen molar-refractivity contribution in [1.29, 1.82) is 0 Å². The highest BCUT2D eigenvalue weighted by atomic mass is 127. The van der Waals surface area contributed by atoms with Gasteiger partial charge in [0.05, 0.1) is 19.9 Å². The molecule has 0 aliphatic carbocycles. The number of hydrogen-bond donors (Lipinski definition) is 1. The van der Waals surface area contributed by atoms with Crippen LogP contribution in [0.2, 0.25) is 0 Å². The number of anilines is 1. The third-order valence-electron chi connectivity index (χ3n) is 3.75. The number of rotatable bonds is 2. The zero-order chi connectivity index (χ0) is 18.6. The zero-order valence-corrected chi connectivity index (χ0v) is 16.6. The Morgan fingerprint density at radius 3 is 2.16 bits per heavy atom. The lowest BCUT2D eigenvalue weighted by molar-refractivity contribution is 0.157. The first-order valence-electron chi connectivity index (χ1n) is 7.47. The summed E-state index contributed by atoms with van der Waals surface area (Å²) in [6.45, 7) is 3.93. The maximum absolute atomic E-state index is 12.2. The smallest absolute Gasteiger partial charge is 0.433 e. The number of hydrogen-bond acceptors (Lipinski definition) is 4. The fourth-order valence-corrected chi connectivity index (χ4v) is 2.64. The molecule has 2 rings (SSSR count). The van der Waals surface area contributed by atoms with Gasteiger partial charge in [-0.05, 0) is 77.4 Å². The number of ether oxygens (including phenoxy) is 2. The molecule has 7 heteroatoms. The van der Waals surface area contributed by atoms with Gasteiger partial charge in [0.2, 0.25) is 0 Å². The molecule has 0 aliphatic rings. The van der Waals surface area contributed by atoms with Gasteiger partial charge in [0, 0.05) is 9.13 Å². The summed E-state index contributed by atoms with van der Waals surface area (Å²) in [4.78, 5) is 23.9. The van der Waals surface area contributed by atoms with Crippen LogP contribution in [0.25, 0.3) is 11.1 Å². The van der Waals surface area contributed by atoms with E-state index in [1.165, 1.54) is 14.2 Å². The summed E-state index contributed by atoms with van der Waals surface area (Å²) in [5.74, 6) is 0. The number of benzene rings is 2. The molecule has 0 aliphatic heterocycles. The molecule has 0 radical (unpaired) electrons. The predicted octanol–water partition coefficient (Wildman–Crippen LogP) is 4.42. The van der Waals surface area contributed by atoms with Crippen molar-refractivity contribution in [3.63, 3.8) is 0 Å². The molecule has 2 amide bonds. The minimum absolute atomic E-state index is 0.501. The normalized spacial score (nSPS) is 10.1. The van der Waals surface area contributed by atoms with E-state index in [1.54, 1.807) is 0 Å². The summed E-state index contributed by atoms with van der Waals surface area (Å²) in [6, 6.07) is 11.7. The lowest BCUT2D eigenvalue weighted by atomic mass is 9.98. The van der Waals surface area contributed by atoms with Gasteiger partial charge < -0.3 is 9.47 Å². The third-order valence-corrected chi connectivity index (χ3v) is 4.47. The Kier molecular flexibility index (Phi) is 6.24. The van der Waals surface area contributed by atoms with Crippen molar-refractivity contribution in [2.75, 3.05) is 19.2 Å². The van der Waals surface area contributed by atoms with Crippen LogP contribution in [0.5, 0.6) is 0 Å². The van der Waals surface area contributed by atoms with E-state index in [4.69, 9.17) is 4.74 Å². The summed E-state index contributed by atoms with van der Waals surface area (Å²) in [7, 11) is 2.48. The molecule has 6 nitrogen and oxygen atoms in total. The number of carbonyl (C=O) groups excluding carboxylic acids is 2. The maximum Gasteiger partial charge on any atom is 0.433 e. The van der Waals surface area contributed by atoms with Crippen LogP contribution < -0.4 is 10.4 Å². The highest BCUT2D eigenvalue weighted by molar-refractivity contribution is 14.1. The van der Waals surface area contributed by atoms with Crippen molar-refractivity contribution in [1.82, 2.24) is 5.43 Å². The summed E-state index contributed by atoms with van der Waals surface area (Å²) < 4.78 is 10.5. The summed E-state index contributed by atoms with van der Waals surface area (Å²) in [5, 5.41) is 1.05. The second kappa shape index (κ2) is 8.19. The Balaban J connectivity index is 2.63. The molecule has 0 saturated heterocycles. The van der Waals surface area contributed by atoms with E-state index in [0.29, 0.717) is 5.69 Å². The van der Waals surface area contributed by atoms with Crippen molar-refractivity contribution >= 4 is 40.5 Å². The van der Waals surface area contributed by atoms with E-state index < -0.39 is 12.2 Å². The first kappa shape index (κ1) is 19.0. The largest absolute Gasteiger partial charge is 0.452 e. The van der Waals surface area contributed by atoms with Crippen molar-refractivity contribution in [2.24, 2.45) is 0 Å². The number of nitrogens with zero attached hydrogens (tertiary/aromatic N) is 1. The zero-order valence-electron chi connectivity index (χ0n) is 14.4. The van der Waals surface area contributed by atoms with Crippen molar-refractivity contribution < 1.29 is 19.1 Å². The number of nitrogens with one attached hydrogen (secondary N) is 1. The first-order valence-corrected chi connectivity index (χ1v) is 8.55. The van der Waals surface area contributed by atoms with Gasteiger partial charge >= 0.3 is 12.2 Å². The van der Waals surface area contributed by atoms with Crippen LogP contribution in [0.1, 0.15) is 11.1 Å². The van der Waals surface area contributed by atoms with E-state index in [1.807, 2.05) is 50.2 Å². The second-order valence-corrected chi connectivity index (χ2v) is 6.61. The standard InChI is InChI=1S/C18H19IN2O4/c1-11-9-15(13-5-7-14(19)8-6-13)16(10-12(11)2)21(18(23)25-4)20-17(22)24-3/h5-10H,1-4H3,(H,20,22). The van der Waals surface area contributed by atoms with Crippen LogP contribution in [0, 0.1) is 17.4 Å². The molecule has 0 unspecified atom stereocenters. The van der Waals surface area contributed by atoms with Crippen LogP contribution in [-0.2, 0) is 9.47 Å². The average Bonchev–Trinajstić information content (AvgIpc) is 2.61. The third kappa shape index (κ3) is 4.41. The Bertz CT molecular complexity index is 790. The van der Waals surface area contributed by atoms with Crippen LogP contribution in [0.4, 0.5) is 15.3 Å². The lowest BCUT2D eigenvalue weighted by Crippen LogP contribution is -2.46. The lowest BCUT2D eigenvalue weighted by Gasteiger charge is -2.24. The molecule has 0 spiro atoms. The van der Waals surface area contributed by atoms with E-state index in [-0.39, 0.29) is 0 Å². The summed E-state index contributed by atoms with van der Waals surface area (Å²) in [5.41, 5.74) is 6.65. The molecule has 0 saturated carbocycles. The molecule has 0 fully saturated rings. The minimum Gasteiger partial charge on any atom is -0.452 e. The molecule has 0 bridgehead atoms. The van der Waals surface area contributed by atoms with Crippen LogP contribution in [-0.4, -0.2) is 26.4 Å². The van der Waals surface area contributed by atoms with Crippen molar-refractivity contribution in [3.8, 4) is 11.1 Å². The van der Waals surface area contributed by atoms with Crippen LogP contribution in [0.15, 0.2) is 36.4 Å². The summed E-state index contributed by atoms with van der Waals surface area (Å²) in [6.07, 6.45) is -1.49. The minimum atomic E-state index is -0.766. The van der Waals surface area contributed by atoms with Crippen molar-refractivity contribution in [3.05, 3.63) is 51.1 Å². The van der Waals surface area contributed by atoms with Crippen LogP contribution in [0.3, 0.4) is 0 Å². The van der Waals surface area contributed by atoms with Crippen molar-refractivity contribution in [2.45, 2.75) is 13.8 Å². The highest BCUT2D eigenvalue weighted by Gasteiger charge is 2.23. The number of amides is 2. The van der Waals surface area contributed by atoms with Gasteiger partial charge in [0.15, 0.2) is 0 Å². The Morgan fingerprint density at radius 2 is 1.60 bits per heavy atom. The fraction of sp³-hybridized carbons (Fsp3) is 0.222. The topological polar surface area (TPSA) is 67.9 Å². The monoisotopic (exact) mass is 454 g/mol. The SMILES string of the molecule is COC(=O)NN(C(=O)OC)c1cc(C)c(C)cc1-c1ccc(I)cc1. The van der Waals surface area contributed by atoms with Gasteiger partial charge in [0.25, 0.3) is 0 Å². The molecular weight excluding hydrogens is 435 g/mol. The van der Waals surface area contributed by atoms with Gasteiger partial charge in [-0.15, -0.1) is 0 Å². The predicted molar refractivity (Wildman–Crippen MR) is 104 cm³/mol. The van der Waals surface area contributed by atoms with E-state index in [9.17, 15) is 9.59 Å². The molecule has 0 atom stereocenters. The average molecular weight is 454 g/mol. The Morgan fingerprint density at radius 1 is 1.00 bits per heavy atom. The quantitative estimate of drug-likeness (QED) is 0.539. The molecule has 0 aromatic heterocycles. The fourth-order valence-electron chi connectivity index (χ4n) is 2.28. The van der Waals surface area contributed by atoms with Gasteiger partial charge in [-0.25, -0.2) is 15.0 Å². The number of aryl methyl sites for hydroxylation is 2. The van der Waals surface area contributed by atoms with E-state index in [0.717, 1.165) is 30.8 Å². The maximum atomic E-state index is 12.2. The number of carbonyl (C=O) groups is 2. The molecule has 2 aromatic rings. The van der Waals surface area contributed by atoms with E-state index in [2.05, 4.69) is 32.8 Å². The molecule has 132 valence electrons. The Labute approximate surface area is 160 Å². The molecule has 1 N–H and O–H groups in total. The van der Waals surface area contributed by atoms with Gasteiger partial charge in [-0.3, -0.25) is 0 Å². The molecule has 0 heterocycles. The number of hydrazine groups is 1. The second-order valence-electron chi connectivity index (χ2n) is 5.37. The molecular formula is C18H19IN2O4. The Hall–Kier alpha value is -2.29. The van der Waals surface area contributed by atoms with Crippen LogP contribution >= 0.6 is 22.6 Å². The molecule has 2 aromatic carbocycles. The highest BCUT2D eigenvalue weighted by Crippen LogP contribution is 2.33. The van der Waals surface area contributed by atoms with Gasteiger partial charge in [-0.2, -0.15) is 5.01 Å². The first-order chi connectivity index (χ1) is 11.9. The molecule has 25 heavy (non-hydrogen) atoms. The van der Waals surface area contributed by atoms with Gasteiger partial charge in [0.1, 0.15) is 0 Å². The van der Waals surface area contributed by atoms with Gasteiger partial charge in [-0.1, -0.05) is 12.1 Å². The summed E-state index contributed by atoms with van der Waals surface area (Å²) >= 11 is 2.23. The number of methoxy groups -OCH3 is 2. The number of halogens is 1.